The predicted octanol–water partition coefficient (Wildman–Crippen LogP) is 2.41. The molecule has 1 amide bonds. The van der Waals surface area contributed by atoms with Gasteiger partial charge in [-0.05, 0) is 25.5 Å². The van der Waals surface area contributed by atoms with Gasteiger partial charge in [0, 0.05) is 16.8 Å². The molecule has 0 aliphatic heterocycles. The third-order valence-corrected chi connectivity index (χ3v) is 4.41. The molecule has 1 heterocycles. The summed E-state index contributed by atoms with van der Waals surface area (Å²) in [4.78, 5) is 39.7. The topological polar surface area (TPSA) is 116 Å². The number of nitrogens with one attached hydrogen (secondary N) is 3. The second-order valence-corrected chi connectivity index (χ2v) is 6.78. The van der Waals surface area contributed by atoms with Crippen molar-refractivity contribution in [2.24, 2.45) is 5.10 Å². The molecule has 0 radical (unpaired) electrons. The molecule has 0 bridgehead atoms. The Labute approximate surface area is 169 Å². The minimum Gasteiger partial charge on any atom is -0.493 e. The number of aryl methyl sites for hydroxylation is 1. The summed E-state index contributed by atoms with van der Waals surface area (Å²) >= 11 is 0. The van der Waals surface area contributed by atoms with Crippen molar-refractivity contribution in [1.82, 2.24) is 15.4 Å². The number of ether oxygens (including phenoxy) is 1. The maximum atomic E-state index is 12.1. The molecular weight excluding hydrogens is 372 g/mol. The van der Waals surface area contributed by atoms with Crippen LogP contribution in [-0.4, -0.2) is 28.7 Å². The highest BCUT2D eigenvalue weighted by atomic mass is 16.5. The van der Waals surface area contributed by atoms with Crippen LogP contribution in [0.15, 0.2) is 39.0 Å². The van der Waals surface area contributed by atoms with Crippen molar-refractivity contribution in [1.29, 1.82) is 0 Å². The molecule has 0 spiro atoms. The van der Waals surface area contributed by atoms with Gasteiger partial charge in [0.15, 0.2) is 0 Å². The van der Waals surface area contributed by atoms with Crippen LogP contribution < -0.4 is 21.4 Å². The van der Waals surface area contributed by atoms with E-state index in [0.717, 1.165) is 18.4 Å². The second-order valence-electron chi connectivity index (χ2n) is 6.78. The van der Waals surface area contributed by atoms with E-state index in [0.29, 0.717) is 18.1 Å². The Morgan fingerprint density at radius 3 is 2.66 bits per heavy atom. The van der Waals surface area contributed by atoms with Crippen molar-refractivity contribution in [2.75, 3.05) is 6.61 Å². The summed E-state index contributed by atoms with van der Waals surface area (Å²) in [6.07, 6.45) is 7.13. The monoisotopic (exact) mass is 400 g/mol. The van der Waals surface area contributed by atoms with E-state index < -0.39 is 17.2 Å². The number of aromatic amines is 2. The summed E-state index contributed by atoms with van der Waals surface area (Å²) in [5.41, 5.74) is 2.52. The van der Waals surface area contributed by atoms with Gasteiger partial charge in [-0.2, -0.15) is 5.10 Å². The number of nitrogens with zero attached hydrogens (tertiary/aromatic N) is 1. The van der Waals surface area contributed by atoms with E-state index in [9.17, 15) is 14.4 Å². The van der Waals surface area contributed by atoms with Crippen molar-refractivity contribution in [3.8, 4) is 5.75 Å². The molecule has 29 heavy (non-hydrogen) atoms. The van der Waals surface area contributed by atoms with Gasteiger partial charge in [-0.3, -0.25) is 14.6 Å². The van der Waals surface area contributed by atoms with Crippen LogP contribution in [0.4, 0.5) is 0 Å². The number of unbranched alkanes of at least 4 members (excludes halogenated alkanes) is 4. The number of hydrogen-bond acceptors (Lipinski definition) is 5. The largest absolute Gasteiger partial charge is 0.493 e. The highest BCUT2D eigenvalue weighted by Gasteiger charge is 2.10. The van der Waals surface area contributed by atoms with Crippen molar-refractivity contribution in [3.63, 3.8) is 0 Å². The molecule has 1 aromatic heterocycles. The zero-order valence-corrected chi connectivity index (χ0v) is 16.9. The minimum absolute atomic E-state index is 0.189. The lowest BCUT2D eigenvalue weighted by Crippen LogP contribution is -2.30. The van der Waals surface area contributed by atoms with Crippen molar-refractivity contribution >= 4 is 12.1 Å². The summed E-state index contributed by atoms with van der Waals surface area (Å²) in [6.45, 7) is 4.39. The number of rotatable bonds is 11. The quantitative estimate of drug-likeness (QED) is 0.305. The Kier molecular flexibility index (Phi) is 8.88. The van der Waals surface area contributed by atoms with Gasteiger partial charge in [0.05, 0.1) is 19.2 Å². The number of hydrogen-bond donors (Lipinski definition) is 3. The Bertz CT molecular complexity index is 946. The third-order valence-electron chi connectivity index (χ3n) is 4.41. The number of H-pyrrole nitrogens is 2. The molecule has 3 N–H and O–H groups in total. The first-order chi connectivity index (χ1) is 14.0. The maximum Gasteiger partial charge on any atom is 0.325 e. The van der Waals surface area contributed by atoms with Gasteiger partial charge >= 0.3 is 5.69 Å². The molecule has 0 fully saturated rings. The Hall–Kier alpha value is -3.16. The number of carbonyl (C=O) groups is 1. The minimum atomic E-state index is -0.600. The summed E-state index contributed by atoms with van der Waals surface area (Å²) in [5.74, 6) is 0.241. The number of hydrazone groups is 1. The number of carbonyl (C=O) groups excluding carboxylic acids is 1. The fraction of sp³-hybridized carbons (Fsp3) is 0.429. The van der Waals surface area contributed by atoms with E-state index in [4.69, 9.17) is 4.74 Å². The lowest BCUT2D eigenvalue weighted by atomic mass is 10.1. The standard InChI is InChI=1S/C21H28N4O4/c1-3-4-5-6-9-12-29-18-11-8-7-10-16(18)14-22-25-19(26)13-17-15(2)23-21(28)24-20(17)27/h7-8,10-11,14H,3-6,9,12-13H2,1-2H3,(H,25,26)(H2,23,24,27,28)/b22-14-. The third kappa shape index (κ3) is 7.40. The normalized spacial score (nSPS) is 11.0. The SMILES string of the molecule is CCCCCCCOc1ccccc1/C=N\NC(=O)Cc1c(C)[nH]c(=O)[nH]c1=O. The van der Waals surface area contributed by atoms with Gasteiger partial charge in [-0.25, -0.2) is 10.2 Å². The maximum absolute atomic E-state index is 12.1. The van der Waals surface area contributed by atoms with Crippen molar-refractivity contribution in [3.05, 3.63) is 61.9 Å². The van der Waals surface area contributed by atoms with Crippen LogP contribution in [-0.2, 0) is 11.2 Å². The van der Waals surface area contributed by atoms with Crippen LogP contribution in [0.25, 0.3) is 0 Å². The molecule has 0 unspecified atom stereocenters. The van der Waals surface area contributed by atoms with Crippen LogP contribution in [0, 0.1) is 6.92 Å². The van der Waals surface area contributed by atoms with Gasteiger partial charge in [0.1, 0.15) is 5.75 Å². The summed E-state index contributed by atoms with van der Waals surface area (Å²) in [7, 11) is 0. The van der Waals surface area contributed by atoms with E-state index in [1.807, 2.05) is 24.3 Å². The lowest BCUT2D eigenvalue weighted by molar-refractivity contribution is -0.120. The number of para-hydroxylation sites is 1. The first-order valence-corrected chi connectivity index (χ1v) is 9.87. The molecule has 0 aliphatic rings. The highest BCUT2D eigenvalue weighted by Crippen LogP contribution is 2.16. The summed E-state index contributed by atoms with van der Waals surface area (Å²) in [6, 6.07) is 7.45. The zero-order chi connectivity index (χ0) is 21.1. The molecule has 8 heteroatoms. The molecule has 8 nitrogen and oxygen atoms in total. The van der Waals surface area contributed by atoms with Gasteiger partial charge in [0.25, 0.3) is 5.56 Å². The van der Waals surface area contributed by atoms with Crippen LogP contribution >= 0.6 is 0 Å². The number of aromatic nitrogens is 2. The molecular formula is C21H28N4O4. The fourth-order valence-corrected chi connectivity index (χ4v) is 2.82. The molecule has 2 rings (SSSR count). The van der Waals surface area contributed by atoms with E-state index in [2.05, 4.69) is 27.4 Å². The zero-order valence-electron chi connectivity index (χ0n) is 16.9. The highest BCUT2D eigenvalue weighted by molar-refractivity contribution is 5.85. The number of amides is 1. The smallest absolute Gasteiger partial charge is 0.325 e. The van der Waals surface area contributed by atoms with Gasteiger partial charge in [0.2, 0.25) is 5.91 Å². The van der Waals surface area contributed by atoms with Gasteiger partial charge in [-0.15, -0.1) is 0 Å². The first kappa shape index (κ1) is 22.1. The van der Waals surface area contributed by atoms with Crippen LogP contribution in [0.5, 0.6) is 5.75 Å². The molecule has 0 atom stereocenters. The summed E-state index contributed by atoms with van der Waals surface area (Å²) < 4.78 is 5.83. The van der Waals surface area contributed by atoms with E-state index in [1.165, 1.54) is 25.5 Å². The fourth-order valence-electron chi connectivity index (χ4n) is 2.82. The first-order valence-electron chi connectivity index (χ1n) is 9.87. The molecule has 0 saturated heterocycles. The Morgan fingerprint density at radius 2 is 1.90 bits per heavy atom. The van der Waals surface area contributed by atoms with E-state index in [1.54, 1.807) is 6.92 Å². The van der Waals surface area contributed by atoms with Crippen LogP contribution in [0.2, 0.25) is 0 Å². The molecule has 1 aromatic carbocycles. The van der Waals surface area contributed by atoms with Crippen molar-refractivity contribution in [2.45, 2.75) is 52.4 Å². The number of benzene rings is 1. The molecule has 0 saturated carbocycles. The second kappa shape index (κ2) is 11.6. The lowest BCUT2D eigenvalue weighted by Gasteiger charge is -2.09. The average molecular weight is 400 g/mol. The molecule has 2 aromatic rings. The Morgan fingerprint density at radius 1 is 1.14 bits per heavy atom. The van der Waals surface area contributed by atoms with Crippen LogP contribution in [0.3, 0.4) is 0 Å². The summed E-state index contributed by atoms with van der Waals surface area (Å²) in [5, 5.41) is 3.96. The predicted molar refractivity (Wildman–Crippen MR) is 113 cm³/mol. The van der Waals surface area contributed by atoms with Gasteiger partial charge in [-0.1, -0.05) is 44.7 Å². The van der Waals surface area contributed by atoms with E-state index >= 15 is 0 Å². The molecule has 0 aliphatic carbocycles. The van der Waals surface area contributed by atoms with Crippen LogP contribution in [0.1, 0.15) is 55.8 Å². The molecule has 156 valence electrons. The Balaban J connectivity index is 1.89. The average Bonchev–Trinajstić information content (AvgIpc) is 2.68. The van der Waals surface area contributed by atoms with Gasteiger partial charge < -0.3 is 9.72 Å². The van der Waals surface area contributed by atoms with Crippen molar-refractivity contribution < 1.29 is 9.53 Å². The van der Waals surface area contributed by atoms with E-state index in [-0.39, 0.29) is 12.0 Å².